The third kappa shape index (κ3) is 5.00. The Hall–Kier alpha value is -1.89. The molecule has 1 aromatic carbocycles. The van der Waals surface area contributed by atoms with Crippen molar-refractivity contribution in [1.82, 2.24) is 5.32 Å². The average molecular weight is 288 g/mol. The van der Waals surface area contributed by atoms with E-state index in [-0.39, 0.29) is 36.9 Å². The van der Waals surface area contributed by atoms with Crippen molar-refractivity contribution in [2.24, 2.45) is 5.73 Å². The minimum atomic E-state index is -2.96. The number of halogens is 2. The quantitative estimate of drug-likeness (QED) is 0.763. The van der Waals surface area contributed by atoms with E-state index < -0.39 is 6.61 Å². The molecule has 0 aliphatic rings. The molecule has 0 saturated carbocycles. The molecule has 5 nitrogen and oxygen atoms in total. The van der Waals surface area contributed by atoms with Gasteiger partial charge in [-0.1, -0.05) is 12.1 Å². The van der Waals surface area contributed by atoms with Crippen LogP contribution in [0.5, 0.6) is 11.5 Å². The van der Waals surface area contributed by atoms with Crippen molar-refractivity contribution < 1.29 is 23.0 Å². The Morgan fingerprint density at radius 3 is 2.80 bits per heavy atom. The molecule has 7 heteroatoms. The van der Waals surface area contributed by atoms with Gasteiger partial charge < -0.3 is 20.5 Å². The summed E-state index contributed by atoms with van der Waals surface area (Å²) in [6, 6.07) is 4.77. The maximum absolute atomic E-state index is 12.5. The summed E-state index contributed by atoms with van der Waals surface area (Å²) in [5.74, 6) is -0.0897. The lowest BCUT2D eigenvalue weighted by atomic mass is 10.2. The first-order valence-electron chi connectivity index (χ1n) is 6.24. The third-order valence-electron chi connectivity index (χ3n) is 2.41. The van der Waals surface area contributed by atoms with E-state index in [0.717, 1.165) is 0 Å². The van der Waals surface area contributed by atoms with Gasteiger partial charge in [-0.05, 0) is 13.0 Å². The second-order valence-corrected chi connectivity index (χ2v) is 3.87. The van der Waals surface area contributed by atoms with Crippen LogP contribution < -0.4 is 20.5 Å². The number of hydrogen-bond donors (Lipinski definition) is 2. The van der Waals surface area contributed by atoms with Crippen LogP contribution in [-0.4, -0.2) is 25.7 Å². The van der Waals surface area contributed by atoms with E-state index in [9.17, 15) is 13.6 Å². The molecule has 0 bridgehead atoms. The molecule has 0 aliphatic carbocycles. The number of carbonyl (C=O) groups excluding carboxylic acids is 1. The van der Waals surface area contributed by atoms with Crippen LogP contribution in [0.2, 0.25) is 0 Å². The fraction of sp³-hybridized carbons (Fsp3) is 0.462. The van der Waals surface area contributed by atoms with Crippen molar-refractivity contribution in [3.05, 3.63) is 23.8 Å². The molecule has 0 atom stereocenters. The zero-order valence-corrected chi connectivity index (χ0v) is 11.2. The Balaban J connectivity index is 2.87. The van der Waals surface area contributed by atoms with Crippen molar-refractivity contribution in [3.8, 4) is 11.5 Å². The summed E-state index contributed by atoms with van der Waals surface area (Å²) in [6.45, 7) is -0.604. The Kier molecular flexibility index (Phi) is 6.72. The molecular weight excluding hydrogens is 270 g/mol. The van der Waals surface area contributed by atoms with Gasteiger partial charge in [-0.3, -0.25) is 4.79 Å². The van der Waals surface area contributed by atoms with E-state index in [1.165, 1.54) is 6.07 Å². The smallest absolute Gasteiger partial charge is 0.387 e. The minimum Gasteiger partial charge on any atom is -0.490 e. The van der Waals surface area contributed by atoms with Crippen molar-refractivity contribution >= 4 is 5.91 Å². The number of nitrogens with one attached hydrogen (secondary N) is 1. The van der Waals surface area contributed by atoms with Gasteiger partial charge in [-0.15, -0.1) is 0 Å². The highest BCUT2D eigenvalue weighted by atomic mass is 19.3. The molecule has 0 saturated heterocycles. The van der Waals surface area contributed by atoms with Gasteiger partial charge in [-0.2, -0.15) is 8.78 Å². The first kappa shape index (κ1) is 16.2. The van der Waals surface area contributed by atoms with Crippen LogP contribution >= 0.6 is 0 Å². The monoisotopic (exact) mass is 288 g/mol. The number of para-hydroxylation sites is 1. The Bertz CT molecular complexity index is 442. The fourth-order valence-corrected chi connectivity index (χ4v) is 1.61. The van der Waals surface area contributed by atoms with Gasteiger partial charge in [0.05, 0.1) is 6.61 Å². The molecule has 0 fully saturated rings. The maximum Gasteiger partial charge on any atom is 0.387 e. The normalized spacial score (nSPS) is 10.4. The molecule has 0 radical (unpaired) electrons. The molecule has 112 valence electrons. The van der Waals surface area contributed by atoms with E-state index in [1.54, 1.807) is 19.1 Å². The molecule has 0 spiro atoms. The summed E-state index contributed by atoms with van der Waals surface area (Å²) >= 11 is 0. The Morgan fingerprint density at radius 2 is 2.20 bits per heavy atom. The van der Waals surface area contributed by atoms with Crippen LogP contribution in [0.4, 0.5) is 8.78 Å². The van der Waals surface area contributed by atoms with Crippen LogP contribution in [0.1, 0.15) is 18.9 Å². The van der Waals surface area contributed by atoms with Gasteiger partial charge in [0, 0.05) is 25.1 Å². The second kappa shape index (κ2) is 8.31. The SMILES string of the molecule is CCOc1cccc(CNC(=O)CCN)c1OC(F)F. The topological polar surface area (TPSA) is 73.6 Å². The predicted octanol–water partition coefficient (Wildman–Crippen LogP) is 1.65. The minimum absolute atomic E-state index is 0.0580. The van der Waals surface area contributed by atoms with E-state index in [0.29, 0.717) is 12.2 Å². The van der Waals surface area contributed by atoms with Crippen LogP contribution in [-0.2, 0) is 11.3 Å². The van der Waals surface area contributed by atoms with Crippen LogP contribution in [0.15, 0.2) is 18.2 Å². The summed E-state index contributed by atoms with van der Waals surface area (Å²) < 4.78 is 34.6. The first-order valence-corrected chi connectivity index (χ1v) is 6.24. The van der Waals surface area contributed by atoms with Gasteiger partial charge in [-0.25, -0.2) is 0 Å². The number of amides is 1. The van der Waals surface area contributed by atoms with E-state index in [2.05, 4.69) is 10.1 Å². The largest absolute Gasteiger partial charge is 0.490 e. The highest BCUT2D eigenvalue weighted by Gasteiger charge is 2.16. The molecule has 0 aromatic heterocycles. The molecule has 0 unspecified atom stereocenters. The number of ether oxygens (including phenoxy) is 2. The molecule has 0 heterocycles. The lowest BCUT2D eigenvalue weighted by Gasteiger charge is -2.15. The van der Waals surface area contributed by atoms with Gasteiger partial charge >= 0.3 is 6.61 Å². The molecule has 0 aliphatic heterocycles. The van der Waals surface area contributed by atoms with Gasteiger partial charge in [0.1, 0.15) is 0 Å². The molecule has 1 amide bonds. The summed E-state index contributed by atoms with van der Waals surface area (Å²) in [5.41, 5.74) is 5.67. The molecule has 20 heavy (non-hydrogen) atoms. The van der Waals surface area contributed by atoms with Crippen molar-refractivity contribution in [2.45, 2.75) is 26.5 Å². The second-order valence-electron chi connectivity index (χ2n) is 3.87. The standard InChI is InChI=1S/C13H18F2N2O3/c1-2-19-10-5-3-4-9(12(10)20-13(14)15)8-17-11(18)6-7-16/h3-5,13H,2,6-8,16H2,1H3,(H,17,18). The lowest BCUT2D eigenvalue weighted by Crippen LogP contribution is -2.25. The summed E-state index contributed by atoms with van der Waals surface area (Å²) in [7, 11) is 0. The fourth-order valence-electron chi connectivity index (χ4n) is 1.61. The van der Waals surface area contributed by atoms with Gasteiger partial charge in [0.25, 0.3) is 0 Å². The molecule has 3 N–H and O–H groups in total. The maximum atomic E-state index is 12.5. The average Bonchev–Trinajstić information content (AvgIpc) is 2.39. The van der Waals surface area contributed by atoms with Crippen molar-refractivity contribution in [2.75, 3.05) is 13.2 Å². The first-order chi connectivity index (χ1) is 9.58. The van der Waals surface area contributed by atoms with Crippen molar-refractivity contribution in [1.29, 1.82) is 0 Å². The number of carbonyl (C=O) groups is 1. The van der Waals surface area contributed by atoms with Gasteiger partial charge in [0.15, 0.2) is 11.5 Å². The van der Waals surface area contributed by atoms with Crippen molar-refractivity contribution in [3.63, 3.8) is 0 Å². The number of hydrogen-bond acceptors (Lipinski definition) is 4. The zero-order chi connectivity index (χ0) is 15.0. The van der Waals surface area contributed by atoms with E-state index in [4.69, 9.17) is 10.5 Å². The Labute approximate surface area is 116 Å². The number of rotatable bonds is 8. The summed E-state index contributed by atoms with van der Waals surface area (Å²) in [4.78, 5) is 11.3. The number of alkyl halides is 2. The zero-order valence-electron chi connectivity index (χ0n) is 11.2. The van der Waals surface area contributed by atoms with E-state index in [1.807, 2.05) is 0 Å². The van der Waals surface area contributed by atoms with Crippen LogP contribution in [0, 0.1) is 0 Å². The number of benzene rings is 1. The summed E-state index contributed by atoms with van der Waals surface area (Å²) in [6.07, 6.45) is 0.177. The predicted molar refractivity (Wildman–Crippen MR) is 69.8 cm³/mol. The lowest BCUT2D eigenvalue weighted by molar-refractivity contribution is -0.121. The molecule has 1 rings (SSSR count). The number of nitrogens with two attached hydrogens (primary N) is 1. The highest BCUT2D eigenvalue weighted by molar-refractivity contribution is 5.76. The van der Waals surface area contributed by atoms with E-state index >= 15 is 0 Å². The Morgan fingerprint density at radius 1 is 1.45 bits per heavy atom. The van der Waals surface area contributed by atoms with Crippen LogP contribution in [0.3, 0.4) is 0 Å². The molecule has 1 aromatic rings. The van der Waals surface area contributed by atoms with Gasteiger partial charge in [0.2, 0.25) is 5.91 Å². The highest BCUT2D eigenvalue weighted by Crippen LogP contribution is 2.32. The molecular formula is C13H18F2N2O3. The van der Waals surface area contributed by atoms with Crippen LogP contribution in [0.25, 0.3) is 0 Å². The third-order valence-corrected chi connectivity index (χ3v) is 2.41. The summed E-state index contributed by atoms with van der Waals surface area (Å²) in [5, 5.41) is 2.58.